The third kappa shape index (κ3) is 1.34. The number of nitrogens with zero attached hydrogens (tertiary/aromatic N) is 1. The largest absolute Gasteiger partial charge is 0.345 e. The van der Waals surface area contributed by atoms with Crippen molar-refractivity contribution in [2.24, 2.45) is 0 Å². The molecule has 0 spiro atoms. The van der Waals surface area contributed by atoms with Crippen molar-refractivity contribution in [2.45, 2.75) is 0 Å². The second-order valence-corrected chi connectivity index (χ2v) is 3.60. The van der Waals surface area contributed by atoms with Crippen LogP contribution in [0.15, 0.2) is 48.5 Å². The highest BCUT2D eigenvalue weighted by molar-refractivity contribution is 6.02. The molecule has 77 valence electrons. The minimum absolute atomic E-state index is 0.322. The summed E-state index contributed by atoms with van der Waals surface area (Å²) in [4.78, 5) is 11.5. The summed E-state index contributed by atoms with van der Waals surface area (Å²) in [6.07, 6.45) is 0. The lowest BCUT2D eigenvalue weighted by molar-refractivity contribution is 0.255. The molecule has 0 atom stereocenters. The smallest absolute Gasteiger partial charge is 0.305 e. The summed E-state index contributed by atoms with van der Waals surface area (Å²) in [5.41, 5.74) is 3.51. The third-order valence-electron chi connectivity index (χ3n) is 2.58. The Bertz CT molecular complexity index is 514. The van der Waals surface area contributed by atoms with E-state index >= 15 is 0 Å². The first kappa shape index (κ1) is 8.97. The van der Waals surface area contributed by atoms with Gasteiger partial charge in [0.1, 0.15) is 0 Å². The molecular weight excluding hydrogens is 200 g/mol. The van der Waals surface area contributed by atoms with E-state index in [1.54, 1.807) is 0 Å². The van der Waals surface area contributed by atoms with Crippen molar-refractivity contribution in [3.63, 3.8) is 0 Å². The third-order valence-corrected chi connectivity index (χ3v) is 2.58. The van der Waals surface area contributed by atoms with Crippen molar-refractivity contribution >= 4 is 17.4 Å². The first-order chi connectivity index (χ1) is 7.84. The summed E-state index contributed by atoms with van der Waals surface area (Å²) in [6.45, 7) is 0. The molecule has 1 radical (unpaired) electrons. The first-order valence-corrected chi connectivity index (χ1v) is 5.06. The van der Waals surface area contributed by atoms with Gasteiger partial charge in [0, 0.05) is 11.1 Å². The number of carbonyl (C=O) groups is 1. The molecule has 0 aliphatic carbocycles. The molecule has 2 amide bonds. The van der Waals surface area contributed by atoms with Crippen molar-refractivity contribution in [1.29, 1.82) is 0 Å². The molecule has 16 heavy (non-hydrogen) atoms. The van der Waals surface area contributed by atoms with Crippen LogP contribution in [0.5, 0.6) is 0 Å². The number of nitrogens with one attached hydrogen (secondary N) is 1. The molecule has 2 aromatic carbocycles. The quantitative estimate of drug-likeness (QED) is 0.711. The predicted molar refractivity (Wildman–Crippen MR) is 62.7 cm³/mol. The number of urea groups is 1. The minimum Gasteiger partial charge on any atom is -0.305 e. The number of anilines is 1. The summed E-state index contributed by atoms with van der Waals surface area (Å²) >= 11 is 0. The molecule has 1 N–H and O–H groups in total. The van der Waals surface area contributed by atoms with Crippen molar-refractivity contribution in [2.75, 3.05) is 5.32 Å². The summed E-state index contributed by atoms with van der Waals surface area (Å²) in [7, 11) is 0. The molecule has 3 nitrogen and oxygen atoms in total. The molecule has 3 rings (SSSR count). The Kier molecular flexibility index (Phi) is 1.90. The van der Waals surface area contributed by atoms with Crippen LogP contribution in [-0.4, -0.2) is 6.03 Å². The van der Waals surface area contributed by atoms with Crippen LogP contribution in [0.4, 0.5) is 16.2 Å². The molecule has 0 aromatic heterocycles. The summed E-state index contributed by atoms with van der Waals surface area (Å²) in [5.74, 6) is 0. The molecule has 0 saturated carbocycles. The fourth-order valence-corrected chi connectivity index (χ4v) is 1.88. The monoisotopic (exact) mass is 209 g/mol. The standard InChI is InChI=1S/C13H9N2O/c16-13-14-11-7-3-1-5-9(11)10-6-2-4-8-12(10)15-13/h1-8H,(H,14,16). The lowest BCUT2D eigenvalue weighted by Crippen LogP contribution is -2.16. The van der Waals surface area contributed by atoms with Crippen LogP contribution in [-0.2, 0) is 0 Å². The van der Waals surface area contributed by atoms with Gasteiger partial charge < -0.3 is 5.32 Å². The Balaban J connectivity index is 2.30. The number of fused-ring (bicyclic) bond motifs is 3. The zero-order valence-corrected chi connectivity index (χ0v) is 8.47. The molecule has 2 aromatic rings. The van der Waals surface area contributed by atoms with Gasteiger partial charge >= 0.3 is 6.03 Å². The van der Waals surface area contributed by atoms with Crippen LogP contribution >= 0.6 is 0 Å². The maximum Gasteiger partial charge on any atom is 0.345 e. The maximum atomic E-state index is 11.5. The van der Waals surface area contributed by atoms with Crippen molar-refractivity contribution in [3.05, 3.63) is 48.5 Å². The van der Waals surface area contributed by atoms with Gasteiger partial charge in [0.15, 0.2) is 0 Å². The first-order valence-electron chi connectivity index (χ1n) is 5.06. The molecule has 3 heteroatoms. The molecular formula is C13H9N2O. The van der Waals surface area contributed by atoms with Gasteiger partial charge in [-0.05, 0) is 12.1 Å². The van der Waals surface area contributed by atoms with Gasteiger partial charge in [0.2, 0.25) is 0 Å². The van der Waals surface area contributed by atoms with Crippen LogP contribution in [0.1, 0.15) is 0 Å². The maximum absolute atomic E-state index is 11.5. The lowest BCUT2D eigenvalue weighted by Gasteiger charge is -2.06. The molecule has 1 aliphatic heterocycles. The zero-order chi connectivity index (χ0) is 11.0. The highest BCUT2D eigenvalue weighted by Crippen LogP contribution is 2.35. The fraction of sp³-hybridized carbons (Fsp3) is 0. The minimum atomic E-state index is -0.322. The van der Waals surface area contributed by atoms with Crippen LogP contribution < -0.4 is 10.6 Å². The Hall–Kier alpha value is -2.29. The number of hydrogen-bond acceptors (Lipinski definition) is 1. The number of para-hydroxylation sites is 2. The van der Waals surface area contributed by atoms with E-state index in [4.69, 9.17) is 0 Å². The van der Waals surface area contributed by atoms with Gasteiger partial charge in [0.25, 0.3) is 0 Å². The second-order valence-electron chi connectivity index (χ2n) is 3.60. The highest BCUT2D eigenvalue weighted by Gasteiger charge is 2.17. The van der Waals surface area contributed by atoms with E-state index < -0.39 is 0 Å². The van der Waals surface area contributed by atoms with E-state index in [9.17, 15) is 4.79 Å². The van der Waals surface area contributed by atoms with Gasteiger partial charge in [0.05, 0.1) is 11.4 Å². The van der Waals surface area contributed by atoms with E-state index in [0.717, 1.165) is 16.8 Å². The topological polar surface area (TPSA) is 43.2 Å². The number of hydrogen-bond donors (Lipinski definition) is 1. The van der Waals surface area contributed by atoms with Crippen LogP contribution in [0.3, 0.4) is 0 Å². The number of rotatable bonds is 0. The summed E-state index contributed by atoms with van der Waals surface area (Å²) < 4.78 is 0. The van der Waals surface area contributed by atoms with Gasteiger partial charge in [-0.2, -0.15) is 5.32 Å². The predicted octanol–water partition coefficient (Wildman–Crippen LogP) is 3.14. The van der Waals surface area contributed by atoms with E-state index in [2.05, 4.69) is 10.6 Å². The SMILES string of the molecule is O=C1[N]c2ccccc2-c2ccccc2N1. The number of benzene rings is 2. The molecule has 1 heterocycles. The Morgan fingerprint density at radius 3 is 2.44 bits per heavy atom. The highest BCUT2D eigenvalue weighted by atomic mass is 16.2. The van der Waals surface area contributed by atoms with Crippen molar-refractivity contribution in [3.8, 4) is 11.1 Å². The molecule has 1 aliphatic rings. The van der Waals surface area contributed by atoms with E-state index in [1.165, 1.54) is 0 Å². The van der Waals surface area contributed by atoms with Crippen LogP contribution in [0.2, 0.25) is 0 Å². The Morgan fingerprint density at radius 2 is 1.56 bits per heavy atom. The summed E-state index contributed by atoms with van der Waals surface area (Å²) in [5, 5.41) is 6.77. The van der Waals surface area contributed by atoms with Crippen LogP contribution in [0.25, 0.3) is 11.1 Å². The summed E-state index contributed by atoms with van der Waals surface area (Å²) in [6, 6.07) is 15.0. The van der Waals surface area contributed by atoms with Crippen LogP contribution in [0, 0.1) is 0 Å². The van der Waals surface area contributed by atoms with Gasteiger partial charge in [-0.25, -0.2) is 4.79 Å². The normalized spacial score (nSPS) is 12.9. The average molecular weight is 209 g/mol. The molecule has 0 unspecified atom stereocenters. The molecule has 0 fully saturated rings. The van der Waals surface area contributed by atoms with E-state index in [1.807, 2.05) is 48.5 Å². The number of carbonyl (C=O) groups excluding carboxylic acids is 1. The zero-order valence-electron chi connectivity index (χ0n) is 8.47. The lowest BCUT2D eigenvalue weighted by atomic mass is 10.0. The average Bonchev–Trinajstić information content (AvgIpc) is 2.44. The molecule has 0 bridgehead atoms. The van der Waals surface area contributed by atoms with E-state index in [0.29, 0.717) is 5.69 Å². The van der Waals surface area contributed by atoms with Gasteiger partial charge in [-0.3, -0.25) is 0 Å². The Labute approximate surface area is 93.1 Å². The van der Waals surface area contributed by atoms with Crippen molar-refractivity contribution < 1.29 is 4.79 Å². The number of amides is 2. The Morgan fingerprint density at radius 1 is 0.875 bits per heavy atom. The van der Waals surface area contributed by atoms with Crippen molar-refractivity contribution in [1.82, 2.24) is 5.32 Å². The van der Waals surface area contributed by atoms with Gasteiger partial charge in [-0.15, -0.1) is 0 Å². The second kappa shape index (κ2) is 3.38. The fourth-order valence-electron chi connectivity index (χ4n) is 1.88. The van der Waals surface area contributed by atoms with E-state index in [-0.39, 0.29) is 6.03 Å². The molecule has 0 saturated heterocycles. The van der Waals surface area contributed by atoms with Gasteiger partial charge in [-0.1, -0.05) is 36.4 Å².